The number of rotatable bonds is 4. The van der Waals surface area contributed by atoms with Crippen molar-refractivity contribution >= 4 is 0 Å². The van der Waals surface area contributed by atoms with Gasteiger partial charge in [0.05, 0.1) is 0 Å². The molecule has 2 heterocycles. The highest BCUT2D eigenvalue weighted by Gasteiger charge is 2.22. The van der Waals surface area contributed by atoms with Crippen LogP contribution in [0.5, 0.6) is 0 Å². The van der Waals surface area contributed by atoms with Crippen molar-refractivity contribution in [3.8, 4) is 0 Å². The summed E-state index contributed by atoms with van der Waals surface area (Å²) in [4.78, 5) is 2.44. The van der Waals surface area contributed by atoms with Crippen LogP contribution in [0.15, 0.2) is 0 Å². The summed E-state index contributed by atoms with van der Waals surface area (Å²) in [6.45, 7) is 6.14. The second kappa shape index (κ2) is 5.96. The van der Waals surface area contributed by atoms with Gasteiger partial charge in [-0.2, -0.15) is 0 Å². The van der Waals surface area contributed by atoms with Gasteiger partial charge in [0.2, 0.25) is 0 Å². The van der Waals surface area contributed by atoms with Crippen LogP contribution in [0.2, 0.25) is 0 Å². The second-order valence-electron chi connectivity index (χ2n) is 5.31. The van der Waals surface area contributed by atoms with E-state index in [1.54, 1.807) is 0 Å². The molecule has 0 bridgehead atoms. The number of hydrazine groups is 1. The van der Waals surface area contributed by atoms with Crippen molar-refractivity contribution in [2.75, 3.05) is 46.8 Å². The summed E-state index contributed by atoms with van der Waals surface area (Å²) in [6.07, 6.45) is 3.94. The van der Waals surface area contributed by atoms with E-state index in [-0.39, 0.29) is 0 Å². The fraction of sp³-hybridized carbons (Fsp3) is 1.00. The molecule has 4 heteroatoms. The predicted molar refractivity (Wildman–Crippen MR) is 67.3 cm³/mol. The van der Waals surface area contributed by atoms with Crippen LogP contribution in [0.4, 0.5) is 0 Å². The summed E-state index contributed by atoms with van der Waals surface area (Å²) in [6, 6.07) is 0.746. The Morgan fingerprint density at radius 2 is 1.88 bits per heavy atom. The third kappa shape index (κ3) is 3.42. The summed E-state index contributed by atoms with van der Waals surface area (Å²) in [5.74, 6) is 0.882. The van der Waals surface area contributed by atoms with E-state index in [2.05, 4.69) is 27.7 Å². The summed E-state index contributed by atoms with van der Waals surface area (Å²) < 4.78 is 0. The number of likely N-dealkylation sites (tertiary alicyclic amines) is 1. The molecular weight excluding hydrogens is 200 g/mol. The van der Waals surface area contributed by atoms with Gasteiger partial charge in [-0.15, -0.1) is 0 Å². The van der Waals surface area contributed by atoms with Gasteiger partial charge in [-0.05, 0) is 52.4 Å². The smallest absolute Gasteiger partial charge is 0.0145 e. The number of nitrogens with zero attached hydrogens (tertiary/aromatic N) is 2. The minimum absolute atomic E-state index is 0.746. The lowest BCUT2D eigenvalue weighted by atomic mass is 10.0. The highest BCUT2D eigenvalue weighted by molar-refractivity contribution is 4.79. The van der Waals surface area contributed by atoms with Crippen LogP contribution >= 0.6 is 0 Å². The molecule has 0 aromatic rings. The van der Waals surface area contributed by atoms with Crippen molar-refractivity contribution in [1.82, 2.24) is 20.7 Å². The van der Waals surface area contributed by atoms with Gasteiger partial charge in [0, 0.05) is 25.7 Å². The van der Waals surface area contributed by atoms with E-state index in [0.29, 0.717) is 0 Å². The summed E-state index contributed by atoms with van der Waals surface area (Å²) in [5.41, 5.74) is 3.23. The van der Waals surface area contributed by atoms with E-state index in [1.807, 2.05) is 7.05 Å². The first-order chi connectivity index (χ1) is 7.78. The fourth-order valence-corrected chi connectivity index (χ4v) is 2.83. The number of nitrogens with one attached hydrogen (secondary N) is 2. The SMILES string of the molecule is CNN1CCC(NCC2CCN(C)C2)CC1. The zero-order valence-corrected chi connectivity index (χ0v) is 10.7. The third-order valence-electron chi connectivity index (χ3n) is 4.00. The minimum atomic E-state index is 0.746. The number of piperidine rings is 1. The first kappa shape index (κ1) is 12.3. The van der Waals surface area contributed by atoms with Crippen LogP contribution < -0.4 is 10.7 Å². The molecule has 1 atom stereocenters. The Hall–Kier alpha value is -0.160. The van der Waals surface area contributed by atoms with Crippen molar-refractivity contribution in [3.05, 3.63) is 0 Å². The predicted octanol–water partition coefficient (Wildman–Crippen LogP) is 0.127. The summed E-state index contributed by atoms with van der Waals surface area (Å²) in [7, 11) is 4.24. The zero-order valence-electron chi connectivity index (χ0n) is 10.7. The molecule has 4 nitrogen and oxygen atoms in total. The van der Waals surface area contributed by atoms with E-state index in [4.69, 9.17) is 0 Å². The van der Waals surface area contributed by atoms with Gasteiger partial charge in [0.25, 0.3) is 0 Å². The Labute approximate surface area is 99.3 Å². The highest BCUT2D eigenvalue weighted by Crippen LogP contribution is 2.14. The van der Waals surface area contributed by atoms with Crippen LogP contribution in [-0.2, 0) is 0 Å². The molecule has 0 aromatic heterocycles. The third-order valence-corrected chi connectivity index (χ3v) is 4.00. The molecule has 0 radical (unpaired) electrons. The topological polar surface area (TPSA) is 30.5 Å². The first-order valence-electron chi connectivity index (χ1n) is 6.62. The Kier molecular flexibility index (Phi) is 4.58. The molecule has 16 heavy (non-hydrogen) atoms. The quantitative estimate of drug-likeness (QED) is 0.713. The van der Waals surface area contributed by atoms with Gasteiger partial charge in [-0.3, -0.25) is 5.43 Å². The average Bonchev–Trinajstić information content (AvgIpc) is 2.73. The molecule has 1 unspecified atom stereocenters. The van der Waals surface area contributed by atoms with Crippen molar-refractivity contribution in [3.63, 3.8) is 0 Å². The molecule has 2 N–H and O–H groups in total. The molecule has 0 aromatic carbocycles. The largest absolute Gasteiger partial charge is 0.314 e. The zero-order chi connectivity index (χ0) is 11.4. The van der Waals surface area contributed by atoms with Crippen LogP contribution in [-0.4, -0.2) is 62.8 Å². The average molecular weight is 226 g/mol. The highest BCUT2D eigenvalue weighted by atomic mass is 15.5. The van der Waals surface area contributed by atoms with Crippen LogP contribution in [0.1, 0.15) is 19.3 Å². The molecule has 0 amide bonds. The molecule has 2 fully saturated rings. The maximum absolute atomic E-state index is 3.75. The lowest BCUT2D eigenvalue weighted by Gasteiger charge is -2.32. The van der Waals surface area contributed by atoms with Gasteiger partial charge in [-0.25, -0.2) is 5.01 Å². The Bertz CT molecular complexity index is 201. The van der Waals surface area contributed by atoms with Crippen molar-refractivity contribution in [2.45, 2.75) is 25.3 Å². The van der Waals surface area contributed by atoms with Crippen molar-refractivity contribution < 1.29 is 0 Å². The molecule has 0 spiro atoms. The molecule has 2 saturated heterocycles. The molecule has 2 aliphatic heterocycles. The molecule has 2 rings (SSSR count). The number of hydrogen-bond acceptors (Lipinski definition) is 4. The lowest BCUT2D eigenvalue weighted by molar-refractivity contribution is 0.147. The second-order valence-corrected chi connectivity index (χ2v) is 5.31. The van der Waals surface area contributed by atoms with E-state index in [9.17, 15) is 0 Å². The Morgan fingerprint density at radius 1 is 1.12 bits per heavy atom. The molecule has 94 valence electrons. The molecule has 2 aliphatic rings. The first-order valence-corrected chi connectivity index (χ1v) is 6.62. The van der Waals surface area contributed by atoms with Gasteiger partial charge in [-0.1, -0.05) is 0 Å². The molecular formula is C12H26N4. The van der Waals surface area contributed by atoms with Gasteiger partial charge in [0.15, 0.2) is 0 Å². The van der Waals surface area contributed by atoms with Gasteiger partial charge >= 0.3 is 0 Å². The normalized spacial score (nSPS) is 30.0. The molecule has 0 saturated carbocycles. The minimum Gasteiger partial charge on any atom is -0.314 e. The fourth-order valence-electron chi connectivity index (χ4n) is 2.83. The van der Waals surface area contributed by atoms with E-state index in [1.165, 1.54) is 52.0 Å². The van der Waals surface area contributed by atoms with Crippen molar-refractivity contribution in [2.24, 2.45) is 5.92 Å². The standard InChI is InChI=1S/C12H26N4/c1-13-16-7-4-12(5-8-16)14-9-11-3-6-15(2)10-11/h11-14H,3-10H2,1-2H3. The lowest BCUT2D eigenvalue weighted by Crippen LogP contribution is -2.47. The number of hydrogen-bond donors (Lipinski definition) is 2. The van der Waals surface area contributed by atoms with Crippen LogP contribution in [0.25, 0.3) is 0 Å². The molecule has 0 aliphatic carbocycles. The van der Waals surface area contributed by atoms with E-state index >= 15 is 0 Å². The monoisotopic (exact) mass is 226 g/mol. The van der Waals surface area contributed by atoms with Crippen LogP contribution in [0.3, 0.4) is 0 Å². The maximum atomic E-state index is 3.75. The van der Waals surface area contributed by atoms with E-state index < -0.39 is 0 Å². The summed E-state index contributed by atoms with van der Waals surface area (Å²) >= 11 is 0. The van der Waals surface area contributed by atoms with E-state index in [0.717, 1.165) is 12.0 Å². The Morgan fingerprint density at radius 3 is 2.44 bits per heavy atom. The van der Waals surface area contributed by atoms with Gasteiger partial charge in [0.1, 0.15) is 0 Å². The van der Waals surface area contributed by atoms with Crippen molar-refractivity contribution in [1.29, 1.82) is 0 Å². The van der Waals surface area contributed by atoms with Gasteiger partial charge < -0.3 is 10.2 Å². The van der Waals surface area contributed by atoms with Crippen LogP contribution in [0, 0.1) is 5.92 Å². The Balaban J connectivity index is 1.60. The maximum Gasteiger partial charge on any atom is 0.0145 e. The summed E-state index contributed by atoms with van der Waals surface area (Å²) in [5, 5.41) is 6.05.